The lowest BCUT2D eigenvalue weighted by molar-refractivity contribution is 0.335. The van der Waals surface area contributed by atoms with Crippen LogP contribution in [0.1, 0.15) is 29.9 Å². The summed E-state index contributed by atoms with van der Waals surface area (Å²) in [6.07, 6.45) is 1.11. The Kier molecular flexibility index (Phi) is 5.43. The van der Waals surface area contributed by atoms with Crippen molar-refractivity contribution in [3.05, 3.63) is 51.7 Å². The van der Waals surface area contributed by atoms with Crippen molar-refractivity contribution in [3.63, 3.8) is 0 Å². The van der Waals surface area contributed by atoms with Crippen molar-refractivity contribution in [3.8, 4) is 5.75 Å². The summed E-state index contributed by atoms with van der Waals surface area (Å²) in [6.45, 7) is 6.71. The first-order chi connectivity index (χ1) is 9.35. The van der Waals surface area contributed by atoms with Crippen molar-refractivity contribution in [1.82, 2.24) is 5.32 Å². The molecule has 2 rings (SSSR count). The molecule has 1 N–H and O–H groups in total. The molecule has 0 fully saturated rings. The minimum atomic E-state index is 0.710. The zero-order chi connectivity index (χ0) is 13.5. The first-order valence-corrected chi connectivity index (χ1v) is 7.69. The number of rotatable bonds is 7. The summed E-state index contributed by atoms with van der Waals surface area (Å²) in [6, 6.07) is 10.4. The Balaban J connectivity index is 1.92. The van der Waals surface area contributed by atoms with Gasteiger partial charge >= 0.3 is 0 Å². The molecule has 0 saturated heterocycles. The average Bonchev–Trinajstić information content (AvgIpc) is 2.88. The molecule has 0 atom stereocenters. The van der Waals surface area contributed by atoms with E-state index in [-0.39, 0.29) is 0 Å². The largest absolute Gasteiger partial charge is 0.494 e. The van der Waals surface area contributed by atoms with Crippen LogP contribution in [0.3, 0.4) is 0 Å². The molecule has 0 aliphatic heterocycles. The van der Waals surface area contributed by atoms with Crippen molar-refractivity contribution in [2.75, 3.05) is 6.61 Å². The van der Waals surface area contributed by atoms with Crippen molar-refractivity contribution >= 4 is 11.3 Å². The molecular weight excluding hydrogens is 254 g/mol. The van der Waals surface area contributed by atoms with E-state index >= 15 is 0 Å². The zero-order valence-corrected chi connectivity index (χ0v) is 12.4. The maximum Gasteiger partial charge on any atom is 0.123 e. The molecule has 0 aliphatic rings. The van der Waals surface area contributed by atoms with Crippen LogP contribution in [0.2, 0.25) is 0 Å². The monoisotopic (exact) mass is 275 g/mol. The second kappa shape index (κ2) is 7.31. The predicted molar refractivity (Wildman–Crippen MR) is 81.9 cm³/mol. The number of thiophene rings is 1. The van der Waals surface area contributed by atoms with Gasteiger partial charge in [-0.2, -0.15) is 0 Å². The molecule has 1 aromatic carbocycles. The average molecular weight is 275 g/mol. The van der Waals surface area contributed by atoms with Crippen molar-refractivity contribution in [1.29, 1.82) is 0 Å². The van der Waals surface area contributed by atoms with Gasteiger partial charge in [-0.1, -0.05) is 25.1 Å². The highest BCUT2D eigenvalue weighted by Gasteiger charge is 2.04. The Morgan fingerprint density at radius 2 is 1.89 bits per heavy atom. The first-order valence-electron chi connectivity index (χ1n) is 6.81. The van der Waals surface area contributed by atoms with Gasteiger partial charge in [0.2, 0.25) is 0 Å². The molecule has 0 unspecified atom stereocenters. The molecule has 1 heterocycles. The number of hydrogen-bond donors (Lipinski definition) is 1. The fourth-order valence-electron chi connectivity index (χ4n) is 2.09. The molecule has 3 heteroatoms. The quantitative estimate of drug-likeness (QED) is 0.824. The SMILES string of the molecule is CCOc1ccccc1CNCc1sccc1CC. The van der Waals surface area contributed by atoms with Crippen molar-refractivity contribution < 1.29 is 4.74 Å². The highest BCUT2D eigenvalue weighted by molar-refractivity contribution is 7.10. The third-order valence-electron chi connectivity index (χ3n) is 3.09. The number of ether oxygens (including phenoxy) is 1. The third-order valence-corrected chi connectivity index (χ3v) is 4.06. The molecule has 0 amide bonds. The lowest BCUT2D eigenvalue weighted by Crippen LogP contribution is -2.13. The van der Waals surface area contributed by atoms with E-state index in [0.29, 0.717) is 6.61 Å². The van der Waals surface area contributed by atoms with Gasteiger partial charge in [-0.25, -0.2) is 0 Å². The Hall–Kier alpha value is -1.32. The Morgan fingerprint density at radius 3 is 2.68 bits per heavy atom. The zero-order valence-electron chi connectivity index (χ0n) is 11.6. The standard InChI is InChI=1S/C16H21NOS/c1-3-13-9-10-19-16(13)12-17-11-14-7-5-6-8-15(14)18-4-2/h5-10,17H,3-4,11-12H2,1-2H3. The van der Waals surface area contributed by atoms with Gasteiger partial charge in [0.05, 0.1) is 6.61 Å². The van der Waals surface area contributed by atoms with Crippen LogP contribution in [0.4, 0.5) is 0 Å². The van der Waals surface area contributed by atoms with E-state index in [1.807, 2.05) is 30.4 Å². The van der Waals surface area contributed by atoms with Gasteiger partial charge in [0, 0.05) is 23.5 Å². The van der Waals surface area contributed by atoms with Gasteiger partial charge < -0.3 is 10.1 Å². The topological polar surface area (TPSA) is 21.3 Å². The third kappa shape index (κ3) is 3.82. The highest BCUT2D eigenvalue weighted by atomic mass is 32.1. The van der Waals surface area contributed by atoms with Crippen LogP contribution < -0.4 is 10.1 Å². The van der Waals surface area contributed by atoms with Crippen LogP contribution in [0.25, 0.3) is 0 Å². The van der Waals surface area contributed by atoms with E-state index in [9.17, 15) is 0 Å². The Bertz CT molecular complexity index is 507. The molecule has 0 bridgehead atoms. The number of benzene rings is 1. The molecule has 2 nitrogen and oxygen atoms in total. The van der Waals surface area contributed by atoms with Crippen LogP contribution in [0.5, 0.6) is 5.75 Å². The van der Waals surface area contributed by atoms with E-state index < -0.39 is 0 Å². The van der Waals surface area contributed by atoms with E-state index in [1.165, 1.54) is 16.0 Å². The summed E-state index contributed by atoms with van der Waals surface area (Å²) in [7, 11) is 0. The van der Waals surface area contributed by atoms with Gasteiger partial charge in [-0.05, 0) is 36.4 Å². The lowest BCUT2D eigenvalue weighted by Gasteiger charge is -2.11. The molecule has 0 saturated carbocycles. The van der Waals surface area contributed by atoms with E-state index in [1.54, 1.807) is 0 Å². The lowest BCUT2D eigenvalue weighted by atomic mass is 10.2. The second-order valence-electron chi connectivity index (χ2n) is 4.37. The normalized spacial score (nSPS) is 10.6. The van der Waals surface area contributed by atoms with Gasteiger partial charge in [-0.15, -0.1) is 11.3 Å². The Labute approximate surface area is 119 Å². The van der Waals surface area contributed by atoms with Crippen LogP contribution >= 0.6 is 11.3 Å². The second-order valence-corrected chi connectivity index (χ2v) is 5.37. The van der Waals surface area contributed by atoms with Gasteiger partial charge in [0.1, 0.15) is 5.75 Å². The van der Waals surface area contributed by atoms with E-state index in [4.69, 9.17) is 4.74 Å². The van der Waals surface area contributed by atoms with Crippen molar-refractivity contribution in [2.24, 2.45) is 0 Å². The Morgan fingerprint density at radius 1 is 1.05 bits per heavy atom. The number of para-hydroxylation sites is 1. The molecule has 0 radical (unpaired) electrons. The predicted octanol–water partition coefficient (Wildman–Crippen LogP) is 4.00. The summed E-state index contributed by atoms with van der Waals surface area (Å²) in [5.74, 6) is 0.986. The summed E-state index contributed by atoms with van der Waals surface area (Å²) in [5.41, 5.74) is 2.68. The van der Waals surface area contributed by atoms with Crippen LogP contribution in [0.15, 0.2) is 35.7 Å². The van der Waals surface area contributed by atoms with Crippen LogP contribution in [-0.4, -0.2) is 6.61 Å². The number of hydrogen-bond acceptors (Lipinski definition) is 3. The number of aryl methyl sites for hydroxylation is 1. The number of nitrogens with one attached hydrogen (secondary N) is 1. The van der Waals surface area contributed by atoms with Crippen LogP contribution in [0, 0.1) is 0 Å². The van der Waals surface area contributed by atoms with Gasteiger partial charge in [0.25, 0.3) is 0 Å². The van der Waals surface area contributed by atoms with E-state index in [2.05, 4.69) is 35.8 Å². The molecule has 1 aromatic heterocycles. The van der Waals surface area contributed by atoms with Crippen molar-refractivity contribution in [2.45, 2.75) is 33.4 Å². The maximum absolute atomic E-state index is 5.63. The fourth-order valence-corrected chi connectivity index (χ4v) is 3.04. The maximum atomic E-state index is 5.63. The smallest absolute Gasteiger partial charge is 0.123 e. The minimum absolute atomic E-state index is 0.710. The first kappa shape index (κ1) is 14.1. The molecule has 2 aromatic rings. The summed E-state index contributed by atoms with van der Waals surface area (Å²) in [4.78, 5) is 1.44. The fraction of sp³-hybridized carbons (Fsp3) is 0.375. The van der Waals surface area contributed by atoms with Gasteiger partial charge in [0.15, 0.2) is 0 Å². The van der Waals surface area contributed by atoms with Crippen LogP contribution in [-0.2, 0) is 19.5 Å². The summed E-state index contributed by atoms with van der Waals surface area (Å²) < 4.78 is 5.63. The summed E-state index contributed by atoms with van der Waals surface area (Å²) >= 11 is 1.83. The highest BCUT2D eigenvalue weighted by Crippen LogP contribution is 2.19. The van der Waals surface area contributed by atoms with E-state index in [0.717, 1.165) is 25.3 Å². The molecule has 0 aliphatic carbocycles. The molecule has 0 spiro atoms. The molecule has 102 valence electrons. The molecule has 19 heavy (non-hydrogen) atoms. The minimum Gasteiger partial charge on any atom is -0.494 e. The van der Waals surface area contributed by atoms with Gasteiger partial charge in [-0.3, -0.25) is 0 Å². The summed E-state index contributed by atoms with van der Waals surface area (Å²) in [5, 5.41) is 5.68. The molecular formula is C16H21NOS.